The van der Waals surface area contributed by atoms with E-state index in [0.29, 0.717) is 0 Å². The number of nitrogen functional groups attached to an aromatic ring is 2. The molecule has 31 heavy (non-hydrogen) atoms. The molecule has 0 bridgehead atoms. The normalized spacial score (nSPS) is 10.6. The fourth-order valence-corrected chi connectivity index (χ4v) is 4.54. The van der Waals surface area contributed by atoms with E-state index in [9.17, 15) is 0 Å². The second kappa shape index (κ2) is 9.06. The average Bonchev–Trinajstić information content (AvgIpc) is 2.80. The predicted octanol–water partition coefficient (Wildman–Crippen LogP) is 6.35. The zero-order chi connectivity index (χ0) is 21.8. The van der Waals surface area contributed by atoms with E-state index in [1.54, 1.807) is 26.0 Å². The zero-order valence-electron chi connectivity index (χ0n) is 17.5. The summed E-state index contributed by atoms with van der Waals surface area (Å²) in [4.78, 5) is 2.14. The van der Waals surface area contributed by atoms with Gasteiger partial charge in [-0.2, -0.15) is 0 Å². The Morgan fingerprint density at radius 3 is 1.35 bits per heavy atom. The van der Waals surface area contributed by atoms with E-state index in [2.05, 4.69) is 12.1 Å². The minimum atomic E-state index is 0.722. The van der Waals surface area contributed by atoms with Gasteiger partial charge in [-0.15, -0.1) is 0 Å². The Morgan fingerprint density at radius 1 is 0.548 bits per heavy atom. The highest BCUT2D eigenvalue weighted by atomic mass is 32.2. The second-order valence-electron chi connectivity index (χ2n) is 7.00. The first kappa shape index (κ1) is 20.7. The molecular weight excluding hydrogens is 404 g/mol. The van der Waals surface area contributed by atoms with Gasteiger partial charge in [-0.25, -0.2) is 0 Å². The van der Waals surface area contributed by atoms with E-state index in [1.807, 2.05) is 72.8 Å². The van der Waals surface area contributed by atoms with Crippen LogP contribution in [-0.4, -0.2) is 14.2 Å². The summed E-state index contributed by atoms with van der Waals surface area (Å²) < 4.78 is 11.0. The number of rotatable bonds is 6. The van der Waals surface area contributed by atoms with E-state index >= 15 is 0 Å². The smallest absolute Gasteiger partial charge is 0.119 e. The summed E-state index contributed by atoms with van der Waals surface area (Å²) in [6, 6.07) is 27.8. The van der Waals surface area contributed by atoms with Crippen LogP contribution in [0.5, 0.6) is 11.5 Å². The molecule has 0 unspecified atom stereocenters. The van der Waals surface area contributed by atoms with Crippen molar-refractivity contribution in [3.05, 3.63) is 84.9 Å². The second-order valence-corrected chi connectivity index (χ2v) is 8.08. The van der Waals surface area contributed by atoms with Gasteiger partial charge in [0.2, 0.25) is 0 Å². The molecule has 0 spiro atoms. The maximum Gasteiger partial charge on any atom is 0.119 e. The Kier molecular flexibility index (Phi) is 6.05. The Hall–Kier alpha value is -3.57. The molecule has 5 heteroatoms. The first-order chi connectivity index (χ1) is 15.1. The number of hydrogen-bond acceptors (Lipinski definition) is 5. The summed E-state index contributed by atoms with van der Waals surface area (Å²) in [5.41, 5.74) is 18.0. The molecule has 156 valence electrons. The van der Waals surface area contributed by atoms with Gasteiger partial charge in [0.05, 0.1) is 14.2 Å². The van der Waals surface area contributed by atoms with E-state index in [4.69, 9.17) is 20.9 Å². The Balaban J connectivity index is 1.86. The molecule has 0 amide bonds. The summed E-state index contributed by atoms with van der Waals surface area (Å²) in [6.45, 7) is 0. The fraction of sp³-hybridized carbons (Fsp3) is 0.0769. The highest BCUT2D eigenvalue weighted by Crippen LogP contribution is 2.44. The number of para-hydroxylation sites is 2. The molecule has 0 fully saturated rings. The van der Waals surface area contributed by atoms with E-state index < -0.39 is 0 Å². The fourth-order valence-electron chi connectivity index (χ4n) is 3.47. The van der Waals surface area contributed by atoms with Crippen LogP contribution in [0.2, 0.25) is 0 Å². The van der Waals surface area contributed by atoms with Crippen LogP contribution < -0.4 is 20.9 Å². The number of hydrogen-bond donors (Lipinski definition) is 2. The van der Waals surface area contributed by atoms with Gasteiger partial charge in [-0.1, -0.05) is 48.2 Å². The summed E-state index contributed by atoms with van der Waals surface area (Å²) in [5.74, 6) is 1.56. The van der Waals surface area contributed by atoms with Crippen LogP contribution in [0.25, 0.3) is 22.3 Å². The minimum Gasteiger partial charge on any atom is -0.497 e. The van der Waals surface area contributed by atoms with Crippen LogP contribution >= 0.6 is 11.8 Å². The maximum atomic E-state index is 6.30. The molecule has 0 atom stereocenters. The number of nitrogens with two attached hydrogens (primary N) is 2. The summed E-state index contributed by atoms with van der Waals surface area (Å²) in [6.07, 6.45) is 0. The van der Waals surface area contributed by atoms with Crippen LogP contribution in [0.15, 0.2) is 94.7 Å². The van der Waals surface area contributed by atoms with E-state index in [0.717, 1.165) is 54.9 Å². The highest BCUT2D eigenvalue weighted by Gasteiger charge is 2.15. The van der Waals surface area contributed by atoms with Crippen LogP contribution in [0.3, 0.4) is 0 Å². The summed E-state index contributed by atoms with van der Waals surface area (Å²) >= 11 is 1.66. The quantitative estimate of drug-likeness (QED) is 0.350. The SMILES string of the molecule is COc1ccc(Sc2ccc(OC)cc2-c2ccccc2N)c(-c2ccccc2N)c1. The molecule has 0 aliphatic rings. The van der Waals surface area contributed by atoms with Crippen molar-refractivity contribution < 1.29 is 9.47 Å². The van der Waals surface area contributed by atoms with Crippen molar-refractivity contribution in [1.29, 1.82) is 0 Å². The predicted molar refractivity (Wildman–Crippen MR) is 130 cm³/mol. The molecule has 0 aromatic heterocycles. The van der Waals surface area contributed by atoms with Crippen molar-refractivity contribution in [3.63, 3.8) is 0 Å². The van der Waals surface area contributed by atoms with Gasteiger partial charge in [0.15, 0.2) is 0 Å². The Morgan fingerprint density at radius 2 is 0.968 bits per heavy atom. The topological polar surface area (TPSA) is 70.5 Å². The van der Waals surface area contributed by atoms with Crippen molar-refractivity contribution in [2.75, 3.05) is 25.7 Å². The summed E-state index contributed by atoms with van der Waals surface area (Å²) in [7, 11) is 3.33. The molecule has 0 aliphatic carbocycles. The third kappa shape index (κ3) is 4.32. The van der Waals surface area contributed by atoms with Crippen molar-refractivity contribution in [3.8, 4) is 33.8 Å². The highest BCUT2D eigenvalue weighted by molar-refractivity contribution is 7.99. The van der Waals surface area contributed by atoms with Gasteiger partial charge >= 0.3 is 0 Å². The number of ether oxygens (including phenoxy) is 2. The Labute approximate surface area is 186 Å². The first-order valence-corrected chi connectivity index (χ1v) is 10.7. The average molecular weight is 429 g/mol. The van der Waals surface area contributed by atoms with Crippen molar-refractivity contribution in [2.24, 2.45) is 0 Å². The lowest BCUT2D eigenvalue weighted by atomic mass is 10.0. The van der Waals surface area contributed by atoms with Crippen LogP contribution in [0.4, 0.5) is 11.4 Å². The molecular formula is C26H24N2O2S. The third-order valence-corrected chi connectivity index (χ3v) is 6.25. The molecule has 4 aromatic carbocycles. The molecule has 4 aromatic rings. The van der Waals surface area contributed by atoms with Crippen molar-refractivity contribution in [2.45, 2.75) is 9.79 Å². The number of benzene rings is 4. The molecule has 4 N–H and O–H groups in total. The van der Waals surface area contributed by atoms with Crippen LogP contribution in [0, 0.1) is 0 Å². The third-order valence-electron chi connectivity index (χ3n) is 5.10. The lowest BCUT2D eigenvalue weighted by Gasteiger charge is -2.16. The Bertz CT molecular complexity index is 1130. The minimum absolute atomic E-state index is 0.722. The standard InChI is InChI=1S/C26H24N2O2S/c1-29-17-11-13-25(21(15-17)19-7-3-5-9-23(19)27)31-26-14-12-18(30-2)16-22(26)20-8-4-6-10-24(20)28/h3-16H,27-28H2,1-2H3. The molecule has 0 saturated heterocycles. The number of methoxy groups -OCH3 is 2. The maximum absolute atomic E-state index is 6.30. The largest absolute Gasteiger partial charge is 0.497 e. The van der Waals surface area contributed by atoms with Crippen LogP contribution in [-0.2, 0) is 0 Å². The van der Waals surface area contributed by atoms with E-state index in [1.165, 1.54) is 0 Å². The van der Waals surface area contributed by atoms with Gasteiger partial charge in [0.25, 0.3) is 0 Å². The van der Waals surface area contributed by atoms with Gasteiger partial charge in [-0.05, 0) is 48.5 Å². The zero-order valence-corrected chi connectivity index (χ0v) is 18.3. The first-order valence-electron chi connectivity index (χ1n) is 9.84. The van der Waals surface area contributed by atoms with Crippen molar-refractivity contribution in [1.82, 2.24) is 0 Å². The van der Waals surface area contributed by atoms with Gasteiger partial charge in [0.1, 0.15) is 11.5 Å². The number of anilines is 2. The van der Waals surface area contributed by atoms with Gasteiger partial charge in [0, 0.05) is 43.4 Å². The van der Waals surface area contributed by atoms with Gasteiger partial charge in [-0.3, -0.25) is 0 Å². The lowest BCUT2D eigenvalue weighted by molar-refractivity contribution is 0.414. The van der Waals surface area contributed by atoms with Crippen LogP contribution in [0.1, 0.15) is 0 Å². The molecule has 0 saturated carbocycles. The molecule has 0 heterocycles. The van der Waals surface area contributed by atoms with E-state index in [-0.39, 0.29) is 0 Å². The monoisotopic (exact) mass is 428 g/mol. The van der Waals surface area contributed by atoms with Gasteiger partial charge < -0.3 is 20.9 Å². The molecule has 0 aliphatic heterocycles. The molecule has 4 nitrogen and oxygen atoms in total. The summed E-state index contributed by atoms with van der Waals surface area (Å²) in [5, 5.41) is 0. The molecule has 4 rings (SSSR count). The molecule has 0 radical (unpaired) electrons. The lowest BCUT2D eigenvalue weighted by Crippen LogP contribution is -1.94. The van der Waals surface area contributed by atoms with Crippen molar-refractivity contribution >= 4 is 23.1 Å².